The molecule has 1 unspecified atom stereocenters. The predicted octanol–water partition coefficient (Wildman–Crippen LogP) is 0.310. The molecule has 100 valence electrons. The molecule has 0 aromatic carbocycles. The molecule has 0 bridgehead atoms. The van der Waals surface area contributed by atoms with Crippen molar-refractivity contribution in [2.45, 2.75) is 38.7 Å². The lowest BCUT2D eigenvalue weighted by Crippen LogP contribution is -2.47. The molecular weight excluding hydrogens is 218 g/mol. The predicted molar refractivity (Wildman–Crippen MR) is 66.1 cm³/mol. The van der Waals surface area contributed by atoms with Gasteiger partial charge in [0, 0.05) is 12.4 Å². The Morgan fingerprint density at radius 1 is 1.41 bits per heavy atom. The molecule has 0 rings (SSSR count). The number of nitrogens with zero attached hydrogens (tertiary/aromatic N) is 1. The summed E-state index contributed by atoms with van der Waals surface area (Å²) >= 11 is 0. The van der Waals surface area contributed by atoms with Crippen molar-refractivity contribution in [1.29, 1.82) is 0 Å². The van der Waals surface area contributed by atoms with Gasteiger partial charge in [0.25, 0.3) is 0 Å². The van der Waals surface area contributed by atoms with Gasteiger partial charge in [-0.3, -0.25) is 0 Å². The highest BCUT2D eigenvalue weighted by atomic mass is 16.4. The van der Waals surface area contributed by atoms with E-state index >= 15 is 0 Å². The third-order valence-corrected chi connectivity index (χ3v) is 2.70. The van der Waals surface area contributed by atoms with Crippen LogP contribution in [0.15, 0.2) is 12.2 Å². The van der Waals surface area contributed by atoms with Crippen LogP contribution in [-0.2, 0) is 4.79 Å². The van der Waals surface area contributed by atoms with Crippen LogP contribution in [0.4, 0.5) is 0 Å². The van der Waals surface area contributed by atoms with Gasteiger partial charge in [-0.2, -0.15) is 0 Å². The summed E-state index contributed by atoms with van der Waals surface area (Å²) in [7, 11) is 3.85. The molecule has 0 heterocycles. The molecule has 1 N–H and O–H groups in total. The number of hydrogen-bond donors (Lipinski definition) is 1. The largest absolute Gasteiger partial charge is 0.550 e. The Balaban J connectivity index is 3.87. The molecule has 0 aliphatic rings. The Bertz CT molecular complexity index is 249. The smallest absolute Gasteiger partial charge is 0.105 e. The van der Waals surface area contributed by atoms with Crippen LogP contribution < -0.4 is 5.11 Å². The van der Waals surface area contributed by atoms with E-state index in [1.54, 1.807) is 0 Å². The molecule has 0 fully saturated rings. The summed E-state index contributed by atoms with van der Waals surface area (Å²) in [5.74, 6) is -1.03. The molecule has 17 heavy (non-hydrogen) atoms. The van der Waals surface area contributed by atoms with Gasteiger partial charge in [0.2, 0.25) is 0 Å². The van der Waals surface area contributed by atoms with Crippen molar-refractivity contribution in [2.75, 3.05) is 27.2 Å². The Morgan fingerprint density at radius 3 is 2.59 bits per heavy atom. The van der Waals surface area contributed by atoms with Crippen LogP contribution in [-0.4, -0.2) is 48.8 Å². The van der Waals surface area contributed by atoms with Gasteiger partial charge < -0.3 is 19.5 Å². The first kappa shape index (κ1) is 16.1. The minimum absolute atomic E-state index is 0.0372. The molecular formula is C13H25NO3. The van der Waals surface area contributed by atoms with E-state index in [-0.39, 0.29) is 12.5 Å². The topological polar surface area (TPSA) is 60.4 Å². The van der Waals surface area contributed by atoms with Crippen molar-refractivity contribution in [3.8, 4) is 0 Å². The summed E-state index contributed by atoms with van der Waals surface area (Å²) in [6.45, 7) is 3.14. The Kier molecular flexibility index (Phi) is 7.83. The first-order valence-electron chi connectivity index (χ1n) is 6.22. The fourth-order valence-corrected chi connectivity index (χ4v) is 1.72. The lowest BCUT2D eigenvalue weighted by molar-refractivity contribution is -0.893. The van der Waals surface area contributed by atoms with E-state index in [0.29, 0.717) is 17.6 Å². The summed E-state index contributed by atoms with van der Waals surface area (Å²) in [6.07, 6.45) is 6.43. The van der Waals surface area contributed by atoms with Crippen LogP contribution in [0.5, 0.6) is 0 Å². The number of carbonyl (C=O) groups excluding carboxylic acids is 1. The summed E-state index contributed by atoms with van der Waals surface area (Å²) < 4.78 is 0.507. The van der Waals surface area contributed by atoms with Crippen molar-refractivity contribution in [1.82, 2.24) is 0 Å². The van der Waals surface area contributed by atoms with Gasteiger partial charge in [-0.05, 0) is 19.3 Å². The highest BCUT2D eigenvalue weighted by Gasteiger charge is 2.19. The first-order valence-corrected chi connectivity index (χ1v) is 6.22. The minimum Gasteiger partial charge on any atom is -0.550 e. The maximum absolute atomic E-state index is 10.4. The standard InChI is InChI=1S/C13H25NO3/c1-4-5-6-7-8-12(15)11-14(2,3)10-9-13(16)17/h5-6,12,15H,4,7-11H2,1-3H3/b6-5+. The van der Waals surface area contributed by atoms with Gasteiger partial charge in [-0.15, -0.1) is 0 Å². The molecule has 1 atom stereocenters. The Hall–Kier alpha value is -0.870. The highest BCUT2D eigenvalue weighted by Crippen LogP contribution is 2.06. The van der Waals surface area contributed by atoms with E-state index in [1.165, 1.54) is 0 Å². The van der Waals surface area contributed by atoms with Crippen LogP contribution in [0.2, 0.25) is 0 Å². The molecule has 0 amide bonds. The number of allylic oxidation sites excluding steroid dienone is 2. The summed E-state index contributed by atoms with van der Waals surface area (Å²) in [5.41, 5.74) is 0. The van der Waals surface area contributed by atoms with Gasteiger partial charge >= 0.3 is 0 Å². The summed E-state index contributed by atoms with van der Waals surface area (Å²) in [6, 6.07) is 0. The average molecular weight is 243 g/mol. The third kappa shape index (κ3) is 10.0. The van der Waals surface area contributed by atoms with Crippen LogP contribution in [0, 0.1) is 0 Å². The van der Waals surface area contributed by atoms with Crippen LogP contribution in [0.1, 0.15) is 32.6 Å². The molecule has 0 aliphatic heterocycles. The number of quaternary nitrogens is 1. The molecule has 0 aliphatic carbocycles. The summed E-state index contributed by atoms with van der Waals surface area (Å²) in [5, 5.41) is 20.2. The molecule has 4 heteroatoms. The number of likely N-dealkylation sites (N-methyl/N-ethyl adjacent to an activating group) is 1. The maximum atomic E-state index is 10.4. The maximum Gasteiger partial charge on any atom is 0.105 e. The van der Waals surface area contributed by atoms with Crippen LogP contribution in [0.3, 0.4) is 0 Å². The molecule has 0 saturated carbocycles. The number of rotatable bonds is 9. The fourth-order valence-electron chi connectivity index (χ4n) is 1.72. The van der Waals surface area contributed by atoms with Crippen LogP contribution >= 0.6 is 0 Å². The van der Waals surface area contributed by atoms with Crippen molar-refractivity contribution in [2.24, 2.45) is 0 Å². The quantitative estimate of drug-likeness (QED) is 0.468. The van der Waals surface area contributed by atoms with Gasteiger partial charge in [0.1, 0.15) is 12.6 Å². The fraction of sp³-hybridized carbons (Fsp3) is 0.769. The second-order valence-electron chi connectivity index (χ2n) is 5.07. The summed E-state index contributed by atoms with van der Waals surface area (Å²) in [4.78, 5) is 10.4. The number of aliphatic hydroxyl groups is 1. The zero-order chi connectivity index (χ0) is 13.3. The number of aliphatic carboxylic acids is 1. The lowest BCUT2D eigenvalue weighted by Gasteiger charge is -2.32. The van der Waals surface area contributed by atoms with E-state index in [2.05, 4.69) is 19.1 Å². The zero-order valence-electron chi connectivity index (χ0n) is 11.2. The molecule has 0 saturated heterocycles. The monoisotopic (exact) mass is 243 g/mol. The number of aliphatic hydroxyl groups excluding tert-OH is 1. The number of carbonyl (C=O) groups is 1. The molecule has 0 aromatic rings. The van der Waals surface area contributed by atoms with Crippen molar-refractivity contribution >= 4 is 5.97 Å². The second-order valence-corrected chi connectivity index (χ2v) is 5.07. The average Bonchev–Trinajstić information content (AvgIpc) is 2.21. The van der Waals surface area contributed by atoms with Gasteiger partial charge in [0.15, 0.2) is 0 Å². The molecule has 0 aromatic heterocycles. The molecule has 4 nitrogen and oxygen atoms in total. The van der Waals surface area contributed by atoms with E-state index in [0.717, 1.165) is 19.3 Å². The van der Waals surface area contributed by atoms with Gasteiger partial charge in [0.05, 0.1) is 20.6 Å². The Labute approximate surface area is 104 Å². The van der Waals surface area contributed by atoms with Gasteiger partial charge in [-0.25, -0.2) is 0 Å². The van der Waals surface area contributed by atoms with Crippen molar-refractivity contribution in [3.63, 3.8) is 0 Å². The minimum atomic E-state index is -1.03. The normalized spacial score (nSPS) is 14.1. The van der Waals surface area contributed by atoms with E-state index in [1.807, 2.05) is 14.1 Å². The SMILES string of the molecule is CC/C=C/CCC(O)C[N+](C)(C)CCC(=O)[O-]. The van der Waals surface area contributed by atoms with Crippen molar-refractivity contribution < 1.29 is 19.5 Å². The molecule has 0 radical (unpaired) electrons. The highest BCUT2D eigenvalue weighted by molar-refractivity contribution is 5.64. The second kappa shape index (κ2) is 8.25. The third-order valence-electron chi connectivity index (χ3n) is 2.70. The molecule has 0 spiro atoms. The number of carboxylic acid groups (broad SMARTS) is 1. The Morgan fingerprint density at radius 2 is 2.06 bits per heavy atom. The number of carboxylic acids is 1. The van der Waals surface area contributed by atoms with Crippen molar-refractivity contribution in [3.05, 3.63) is 12.2 Å². The zero-order valence-corrected chi connectivity index (χ0v) is 11.2. The lowest BCUT2D eigenvalue weighted by atomic mass is 10.1. The first-order chi connectivity index (χ1) is 7.87. The van der Waals surface area contributed by atoms with E-state index in [9.17, 15) is 15.0 Å². The van der Waals surface area contributed by atoms with E-state index in [4.69, 9.17) is 0 Å². The number of hydrogen-bond acceptors (Lipinski definition) is 3. The van der Waals surface area contributed by atoms with Gasteiger partial charge in [-0.1, -0.05) is 19.1 Å². The van der Waals surface area contributed by atoms with Crippen LogP contribution in [0.25, 0.3) is 0 Å². The van der Waals surface area contributed by atoms with E-state index < -0.39 is 5.97 Å².